The number of carboxylic acids is 1. The number of carbonyl (C=O) groups excluding carboxylic acids is 1. The number of hydrogen-bond acceptors (Lipinski definition) is 6. The average molecular weight is 609 g/mol. The van der Waals surface area contributed by atoms with Gasteiger partial charge in [-0.15, -0.1) is 11.3 Å². The Labute approximate surface area is 259 Å². The Morgan fingerprint density at radius 2 is 1.73 bits per heavy atom. The smallest absolute Gasteiger partial charge is 0.345 e. The van der Waals surface area contributed by atoms with Crippen molar-refractivity contribution in [2.45, 2.75) is 63.5 Å². The van der Waals surface area contributed by atoms with Gasteiger partial charge in [0.05, 0.1) is 33.2 Å². The maximum atomic E-state index is 13.7. The molecule has 44 heavy (non-hydrogen) atoms. The number of amides is 1. The summed E-state index contributed by atoms with van der Waals surface area (Å²) in [6, 6.07) is 19.8. The van der Waals surface area contributed by atoms with Gasteiger partial charge < -0.3 is 25.4 Å². The number of nitrogens with zero attached hydrogens (tertiary/aromatic N) is 3. The fourth-order valence-electron chi connectivity index (χ4n) is 6.98. The molecule has 2 fully saturated rings. The lowest BCUT2D eigenvalue weighted by molar-refractivity contribution is -0.133. The SMILES string of the molecule is Nc1cccc(-c2ccc3cc(-c4c(C5CCCCC5)c5sc(C(=O)O)cc5n4CC(=O)N4CCC(O)CC4)ccc3n2)c1. The molecule has 8 nitrogen and oxygen atoms in total. The number of aromatic nitrogens is 2. The summed E-state index contributed by atoms with van der Waals surface area (Å²) in [4.78, 5) is 32.9. The molecule has 0 radical (unpaired) electrons. The zero-order valence-electron chi connectivity index (χ0n) is 24.5. The number of carboxylic acid groups (broad SMARTS) is 1. The predicted molar refractivity (Wildman–Crippen MR) is 175 cm³/mol. The van der Waals surface area contributed by atoms with Gasteiger partial charge in [0.2, 0.25) is 5.91 Å². The van der Waals surface area contributed by atoms with Crippen LogP contribution in [0.3, 0.4) is 0 Å². The highest BCUT2D eigenvalue weighted by molar-refractivity contribution is 7.21. The van der Waals surface area contributed by atoms with Gasteiger partial charge in [-0.3, -0.25) is 4.79 Å². The molecule has 9 heteroatoms. The molecule has 0 unspecified atom stereocenters. The number of benzene rings is 2. The van der Waals surface area contributed by atoms with Crippen molar-refractivity contribution in [3.05, 3.63) is 71.1 Å². The maximum absolute atomic E-state index is 13.7. The Morgan fingerprint density at radius 3 is 2.48 bits per heavy atom. The first kappa shape index (κ1) is 28.6. The fourth-order valence-corrected chi connectivity index (χ4v) is 8.11. The molecular weight excluding hydrogens is 572 g/mol. The quantitative estimate of drug-likeness (QED) is 0.180. The van der Waals surface area contributed by atoms with Gasteiger partial charge in [-0.05, 0) is 79.1 Å². The lowest BCUT2D eigenvalue weighted by Gasteiger charge is -2.30. The van der Waals surface area contributed by atoms with Gasteiger partial charge in [-0.1, -0.05) is 43.5 Å². The molecule has 3 aromatic heterocycles. The Balaban J connectivity index is 1.37. The van der Waals surface area contributed by atoms with Crippen LogP contribution >= 0.6 is 11.3 Å². The third-order valence-electron chi connectivity index (χ3n) is 9.25. The van der Waals surface area contributed by atoms with Gasteiger partial charge in [0, 0.05) is 29.7 Å². The Bertz CT molecular complexity index is 1880. The van der Waals surface area contributed by atoms with Crippen LogP contribution < -0.4 is 5.73 Å². The van der Waals surface area contributed by atoms with Gasteiger partial charge in [0.1, 0.15) is 11.4 Å². The van der Waals surface area contributed by atoms with E-state index in [1.54, 1.807) is 6.07 Å². The summed E-state index contributed by atoms with van der Waals surface area (Å²) in [7, 11) is 0. The molecule has 0 spiro atoms. The summed E-state index contributed by atoms with van der Waals surface area (Å²) >= 11 is 1.32. The number of likely N-dealkylation sites (tertiary alicyclic amines) is 1. The molecule has 5 aromatic rings. The lowest BCUT2D eigenvalue weighted by atomic mass is 9.83. The molecule has 1 saturated carbocycles. The number of piperidine rings is 1. The zero-order chi connectivity index (χ0) is 30.4. The highest BCUT2D eigenvalue weighted by Crippen LogP contribution is 2.47. The summed E-state index contributed by atoms with van der Waals surface area (Å²) in [6.45, 7) is 1.17. The van der Waals surface area contributed by atoms with Crippen molar-refractivity contribution in [3.8, 4) is 22.5 Å². The monoisotopic (exact) mass is 608 g/mol. The zero-order valence-corrected chi connectivity index (χ0v) is 25.4. The normalized spacial score (nSPS) is 16.6. The van der Waals surface area contributed by atoms with Crippen LogP contribution in [0.1, 0.15) is 66.1 Å². The van der Waals surface area contributed by atoms with E-state index in [-0.39, 0.29) is 23.4 Å². The molecule has 2 aromatic carbocycles. The Kier molecular flexibility index (Phi) is 7.60. The molecule has 0 atom stereocenters. The van der Waals surface area contributed by atoms with E-state index in [9.17, 15) is 19.8 Å². The summed E-state index contributed by atoms with van der Waals surface area (Å²) in [6.07, 6.45) is 6.35. The van der Waals surface area contributed by atoms with E-state index in [1.165, 1.54) is 23.3 Å². The largest absolute Gasteiger partial charge is 0.477 e. The summed E-state index contributed by atoms with van der Waals surface area (Å²) in [5.41, 5.74) is 13.4. The number of nitrogen functional groups attached to an aromatic ring is 1. The molecule has 2 aliphatic rings. The first-order valence-electron chi connectivity index (χ1n) is 15.5. The molecule has 4 N–H and O–H groups in total. The van der Waals surface area contributed by atoms with Crippen LogP contribution in [0.25, 0.3) is 43.6 Å². The Morgan fingerprint density at radius 1 is 0.932 bits per heavy atom. The minimum atomic E-state index is -0.946. The van der Waals surface area contributed by atoms with E-state index in [0.29, 0.717) is 37.5 Å². The molecule has 1 saturated heterocycles. The second-order valence-electron chi connectivity index (χ2n) is 12.2. The molecule has 1 aliphatic heterocycles. The van der Waals surface area contributed by atoms with Crippen LogP contribution in [0.4, 0.5) is 5.69 Å². The average Bonchev–Trinajstić information content (AvgIpc) is 3.59. The number of fused-ring (bicyclic) bond motifs is 2. The van der Waals surface area contributed by atoms with Crippen molar-refractivity contribution in [1.29, 1.82) is 0 Å². The van der Waals surface area contributed by atoms with Crippen molar-refractivity contribution >= 4 is 50.0 Å². The molecule has 4 heterocycles. The van der Waals surface area contributed by atoms with Gasteiger partial charge in [-0.2, -0.15) is 0 Å². The highest BCUT2D eigenvalue weighted by atomic mass is 32.1. The van der Waals surface area contributed by atoms with E-state index in [0.717, 1.165) is 69.3 Å². The van der Waals surface area contributed by atoms with E-state index in [4.69, 9.17) is 10.7 Å². The summed E-state index contributed by atoms with van der Waals surface area (Å²) < 4.78 is 3.03. The van der Waals surface area contributed by atoms with Crippen molar-refractivity contribution in [3.63, 3.8) is 0 Å². The number of nitrogens with two attached hydrogens (primary N) is 1. The number of hydrogen-bond donors (Lipinski definition) is 3. The van der Waals surface area contributed by atoms with E-state index in [2.05, 4.69) is 22.8 Å². The maximum Gasteiger partial charge on any atom is 0.345 e. The van der Waals surface area contributed by atoms with Crippen molar-refractivity contribution in [2.75, 3.05) is 18.8 Å². The Hall–Kier alpha value is -4.21. The highest BCUT2D eigenvalue weighted by Gasteiger charge is 2.31. The van der Waals surface area contributed by atoms with Crippen LogP contribution in [0.5, 0.6) is 0 Å². The minimum absolute atomic E-state index is 0.0115. The van der Waals surface area contributed by atoms with Gasteiger partial charge in [0.15, 0.2) is 0 Å². The molecule has 0 bridgehead atoms. The third kappa shape index (κ3) is 5.35. The molecular formula is C35H36N4O4S. The van der Waals surface area contributed by atoms with Crippen LogP contribution in [-0.2, 0) is 11.3 Å². The summed E-state index contributed by atoms with van der Waals surface area (Å²) in [5, 5.41) is 20.9. The summed E-state index contributed by atoms with van der Waals surface area (Å²) in [5.74, 6) is -0.664. The van der Waals surface area contributed by atoms with Crippen LogP contribution in [0.2, 0.25) is 0 Å². The minimum Gasteiger partial charge on any atom is -0.477 e. The van der Waals surface area contributed by atoms with E-state index >= 15 is 0 Å². The number of rotatable bonds is 6. The van der Waals surface area contributed by atoms with Crippen LogP contribution in [0, 0.1) is 0 Å². The number of aromatic carboxylic acids is 1. The lowest BCUT2D eigenvalue weighted by Crippen LogP contribution is -2.41. The molecule has 1 aliphatic carbocycles. The van der Waals surface area contributed by atoms with Gasteiger partial charge in [0.25, 0.3) is 0 Å². The standard InChI is InChI=1S/C35H36N4O4S/c36-25-8-4-7-22(18-25)27-11-9-23-17-24(10-12-28(23)37-27)33-32(21-5-2-1-3-6-21)34-29(19-30(44-34)35(42)43)39(33)20-31(41)38-15-13-26(40)14-16-38/h4,7-12,17-19,21,26,40H,1-3,5-6,13-16,20,36H2,(H,42,43). The topological polar surface area (TPSA) is 122 Å². The molecule has 226 valence electrons. The fraction of sp³-hybridized carbons (Fsp3) is 0.343. The molecule has 1 amide bonds. The number of aliphatic hydroxyl groups excluding tert-OH is 1. The third-order valence-corrected chi connectivity index (χ3v) is 10.4. The van der Waals surface area contributed by atoms with Crippen molar-refractivity contribution in [2.24, 2.45) is 0 Å². The van der Waals surface area contributed by atoms with E-state index < -0.39 is 5.97 Å². The first-order chi connectivity index (χ1) is 21.4. The second kappa shape index (κ2) is 11.7. The number of aliphatic hydroxyl groups is 1. The van der Waals surface area contributed by atoms with E-state index in [1.807, 2.05) is 41.3 Å². The van der Waals surface area contributed by atoms with Crippen LogP contribution in [0.15, 0.2) is 60.7 Å². The number of carbonyl (C=O) groups is 2. The number of anilines is 1. The second-order valence-corrected chi connectivity index (χ2v) is 13.2. The van der Waals surface area contributed by atoms with Gasteiger partial charge >= 0.3 is 5.97 Å². The van der Waals surface area contributed by atoms with Crippen molar-refractivity contribution < 1.29 is 19.8 Å². The predicted octanol–water partition coefficient (Wildman–Crippen LogP) is 6.90. The van der Waals surface area contributed by atoms with Crippen molar-refractivity contribution in [1.82, 2.24) is 14.5 Å². The number of pyridine rings is 1. The number of thiophene rings is 1. The van der Waals surface area contributed by atoms with Gasteiger partial charge in [-0.25, -0.2) is 9.78 Å². The molecule has 7 rings (SSSR count). The van der Waals surface area contributed by atoms with Crippen LogP contribution in [-0.4, -0.2) is 55.7 Å². The first-order valence-corrected chi connectivity index (χ1v) is 16.3.